The highest BCUT2D eigenvalue weighted by molar-refractivity contribution is 5.81. The number of halogens is 5. The summed E-state index contributed by atoms with van der Waals surface area (Å²) in [5, 5.41) is 0. The minimum absolute atomic E-state index is 0.144. The van der Waals surface area contributed by atoms with Gasteiger partial charge in [0.15, 0.2) is 11.6 Å². The lowest BCUT2D eigenvalue weighted by Crippen LogP contribution is -2.17. The summed E-state index contributed by atoms with van der Waals surface area (Å²) in [4.78, 5) is 0. The van der Waals surface area contributed by atoms with E-state index in [1.54, 1.807) is 6.07 Å². The molecule has 0 atom stereocenters. The normalized spacial score (nSPS) is 12.6. The first-order valence-corrected chi connectivity index (χ1v) is 9.75. The van der Waals surface area contributed by atoms with Crippen molar-refractivity contribution in [2.75, 3.05) is 0 Å². The summed E-state index contributed by atoms with van der Waals surface area (Å²) in [5.74, 6) is -2.70. The molecule has 0 radical (unpaired) electrons. The van der Waals surface area contributed by atoms with Crippen molar-refractivity contribution in [1.29, 1.82) is 0 Å². The van der Waals surface area contributed by atoms with Crippen LogP contribution in [0.3, 0.4) is 0 Å². The highest BCUT2D eigenvalue weighted by Gasteiger charge is 2.32. The van der Waals surface area contributed by atoms with Crippen molar-refractivity contribution >= 4 is 0 Å². The molecule has 156 valence electrons. The first-order valence-electron chi connectivity index (χ1n) is 9.75. The molecule has 0 bridgehead atoms. The van der Waals surface area contributed by atoms with E-state index in [0.717, 1.165) is 53.6 Å². The lowest BCUT2D eigenvalue weighted by molar-refractivity contribution is -0.275. The van der Waals surface area contributed by atoms with E-state index in [1.807, 2.05) is 6.07 Å². The molecular formula is C24H19F5O. The Hall–Kier alpha value is -2.89. The highest BCUT2D eigenvalue weighted by Crippen LogP contribution is 2.41. The van der Waals surface area contributed by atoms with Crippen molar-refractivity contribution < 1.29 is 26.7 Å². The van der Waals surface area contributed by atoms with Gasteiger partial charge in [-0.15, -0.1) is 13.2 Å². The highest BCUT2D eigenvalue weighted by atomic mass is 19.4. The smallest absolute Gasteiger partial charge is 0.403 e. The minimum Gasteiger partial charge on any atom is -0.403 e. The Morgan fingerprint density at radius 2 is 1.60 bits per heavy atom. The predicted octanol–water partition coefficient (Wildman–Crippen LogP) is 7.44. The zero-order valence-corrected chi connectivity index (χ0v) is 16.2. The van der Waals surface area contributed by atoms with Crippen LogP contribution in [0.25, 0.3) is 22.3 Å². The minimum atomic E-state index is -5.00. The number of hydrogen-bond donors (Lipinski definition) is 0. The molecule has 0 aromatic heterocycles. The van der Waals surface area contributed by atoms with Crippen LogP contribution in [0.4, 0.5) is 22.0 Å². The van der Waals surface area contributed by atoms with E-state index in [9.17, 15) is 22.0 Å². The van der Waals surface area contributed by atoms with Crippen molar-refractivity contribution in [2.45, 2.75) is 39.0 Å². The van der Waals surface area contributed by atoms with E-state index in [2.05, 4.69) is 23.8 Å². The van der Waals surface area contributed by atoms with Gasteiger partial charge in [0, 0.05) is 5.56 Å². The van der Waals surface area contributed by atoms with E-state index in [-0.39, 0.29) is 11.1 Å². The molecule has 0 spiro atoms. The second-order valence-electron chi connectivity index (χ2n) is 7.45. The summed E-state index contributed by atoms with van der Waals surface area (Å²) in [6.07, 6.45) is -1.16. The van der Waals surface area contributed by atoms with Gasteiger partial charge < -0.3 is 4.74 Å². The van der Waals surface area contributed by atoms with Crippen LogP contribution in [0.15, 0.2) is 48.5 Å². The van der Waals surface area contributed by atoms with E-state index in [1.165, 1.54) is 17.7 Å². The number of ether oxygens (including phenoxy) is 1. The maximum Gasteiger partial charge on any atom is 0.573 e. The number of aryl methyl sites for hydroxylation is 1. The summed E-state index contributed by atoms with van der Waals surface area (Å²) in [7, 11) is 0. The average Bonchev–Trinajstić information content (AvgIpc) is 3.03. The molecule has 0 aliphatic heterocycles. The van der Waals surface area contributed by atoms with E-state index in [0.29, 0.717) is 6.42 Å². The first-order chi connectivity index (χ1) is 14.2. The molecule has 30 heavy (non-hydrogen) atoms. The Balaban J connectivity index is 1.66. The molecule has 0 amide bonds. The van der Waals surface area contributed by atoms with Crippen LogP contribution in [-0.2, 0) is 12.8 Å². The van der Waals surface area contributed by atoms with E-state index < -0.39 is 23.7 Å². The van der Waals surface area contributed by atoms with Crippen LogP contribution in [0.2, 0.25) is 0 Å². The number of fused-ring (bicyclic) bond motifs is 3. The summed E-state index contributed by atoms with van der Waals surface area (Å²) in [5.41, 5.74) is 5.35. The molecule has 3 aromatic rings. The maximum absolute atomic E-state index is 14.8. The molecule has 6 heteroatoms. The summed E-state index contributed by atoms with van der Waals surface area (Å²) in [6.45, 7) is 2.14. The van der Waals surface area contributed by atoms with Gasteiger partial charge >= 0.3 is 6.36 Å². The number of rotatable bonds is 5. The molecule has 3 aromatic carbocycles. The summed E-state index contributed by atoms with van der Waals surface area (Å²) >= 11 is 0. The molecule has 0 heterocycles. The average molecular weight is 418 g/mol. The van der Waals surface area contributed by atoms with Crippen molar-refractivity contribution in [3.63, 3.8) is 0 Å². The lowest BCUT2D eigenvalue weighted by atomic mass is 9.98. The largest absolute Gasteiger partial charge is 0.573 e. The SMILES string of the molecule is CCCCc1ccc2c(c1)Cc1cc(-c3ccc(OC(F)(F)F)c(F)c3)c(F)cc1-2. The van der Waals surface area contributed by atoms with Gasteiger partial charge in [0.2, 0.25) is 0 Å². The van der Waals surface area contributed by atoms with Crippen LogP contribution in [0.1, 0.15) is 36.5 Å². The summed E-state index contributed by atoms with van der Waals surface area (Å²) < 4.78 is 69.6. The van der Waals surface area contributed by atoms with Crippen molar-refractivity contribution in [3.8, 4) is 28.0 Å². The molecule has 4 rings (SSSR count). The zero-order chi connectivity index (χ0) is 21.5. The van der Waals surface area contributed by atoms with Crippen LogP contribution >= 0.6 is 0 Å². The van der Waals surface area contributed by atoms with Gasteiger partial charge in [-0.1, -0.05) is 37.6 Å². The third kappa shape index (κ3) is 4.04. The van der Waals surface area contributed by atoms with Gasteiger partial charge in [-0.3, -0.25) is 0 Å². The van der Waals surface area contributed by atoms with Crippen LogP contribution < -0.4 is 4.74 Å². The van der Waals surface area contributed by atoms with Gasteiger partial charge in [-0.2, -0.15) is 0 Å². The second-order valence-corrected chi connectivity index (χ2v) is 7.45. The third-order valence-electron chi connectivity index (χ3n) is 5.32. The first kappa shape index (κ1) is 20.4. The fourth-order valence-electron chi connectivity index (χ4n) is 3.91. The Morgan fingerprint density at radius 3 is 2.30 bits per heavy atom. The Bertz CT molecular complexity index is 1100. The Kier molecular flexibility index (Phi) is 5.26. The fraction of sp³-hybridized carbons (Fsp3) is 0.250. The topological polar surface area (TPSA) is 9.23 Å². The van der Waals surface area contributed by atoms with E-state index >= 15 is 0 Å². The molecule has 0 saturated carbocycles. The molecule has 0 fully saturated rings. The standard InChI is InChI=1S/C24H19F5O/c1-2-3-4-14-5-7-18-16(9-14)10-17-11-20(21(25)13-19(17)18)15-6-8-23(22(26)12-15)30-24(27,28)29/h5-9,11-13H,2-4,10H2,1H3. The number of unbranched alkanes of at least 4 members (excludes halogenated alkanes) is 1. The second kappa shape index (κ2) is 7.74. The van der Waals surface area contributed by atoms with Gasteiger partial charge in [0.1, 0.15) is 5.82 Å². The number of benzene rings is 3. The van der Waals surface area contributed by atoms with Crippen molar-refractivity contribution in [1.82, 2.24) is 0 Å². The predicted molar refractivity (Wildman–Crippen MR) is 105 cm³/mol. The molecular weight excluding hydrogens is 399 g/mol. The van der Waals surface area contributed by atoms with Crippen LogP contribution in [0.5, 0.6) is 5.75 Å². The zero-order valence-electron chi connectivity index (χ0n) is 16.2. The van der Waals surface area contributed by atoms with Gasteiger partial charge in [0.05, 0.1) is 0 Å². The molecule has 0 saturated heterocycles. The van der Waals surface area contributed by atoms with Crippen molar-refractivity contribution in [2.24, 2.45) is 0 Å². The number of hydrogen-bond acceptors (Lipinski definition) is 1. The number of alkyl halides is 3. The fourth-order valence-corrected chi connectivity index (χ4v) is 3.91. The monoisotopic (exact) mass is 418 g/mol. The maximum atomic E-state index is 14.8. The molecule has 1 nitrogen and oxygen atoms in total. The van der Waals surface area contributed by atoms with Gasteiger partial charge in [-0.05, 0) is 76.9 Å². The van der Waals surface area contributed by atoms with Crippen molar-refractivity contribution in [3.05, 3.63) is 76.9 Å². The Labute approximate surface area is 171 Å². The van der Waals surface area contributed by atoms with Gasteiger partial charge in [0.25, 0.3) is 0 Å². The molecule has 0 unspecified atom stereocenters. The van der Waals surface area contributed by atoms with Crippen LogP contribution in [-0.4, -0.2) is 6.36 Å². The molecule has 1 aliphatic carbocycles. The molecule has 1 aliphatic rings. The van der Waals surface area contributed by atoms with Gasteiger partial charge in [-0.25, -0.2) is 8.78 Å². The third-order valence-corrected chi connectivity index (χ3v) is 5.32. The van der Waals surface area contributed by atoms with E-state index in [4.69, 9.17) is 0 Å². The lowest BCUT2D eigenvalue weighted by Gasteiger charge is -2.12. The van der Waals surface area contributed by atoms with Crippen LogP contribution in [0, 0.1) is 11.6 Å². The quantitative estimate of drug-likeness (QED) is 0.306. The summed E-state index contributed by atoms with van der Waals surface area (Å²) in [6, 6.07) is 12.2. The molecule has 0 N–H and O–H groups in total. The Morgan fingerprint density at radius 1 is 0.833 bits per heavy atom.